The van der Waals surface area contributed by atoms with Crippen molar-refractivity contribution < 1.29 is 9.18 Å². The molecule has 5 heteroatoms. The summed E-state index contributed by atoms with van der Waals surface area (Å²) in [7, 11) is 0. The normalized spacial score (nSPS) is 10.3. The number of amides is 1. The standard InChI is InChI=1S/C14H12ClFN2O/c1-8-5-6-9(15)7-12(8)18-14(19)10-3-2-4-11(16)13(10)17/h2-7H,17H2,1H3,(H,18,19). The minimum atomic E-state index is -0.615. The van der Waals surface area contributed by atoms with Crippen molar-refractivity contribution in [3.8, 4) is 0 Å². The van der Waals surface area contributed by atoms with Crippen molar-refractivity contribution in [3.05, 3.63) is 58.4 Å². The van der Waals surface area contributed by atoms with Gasteiger partial charge in [0.1, 0.15) is 5.82 Å². The highest BCUT2D eigenvalue weighted by atomic mass is 35.5. The molecule has 0 heterocycles. The van der Waals surface area contributed by atoms with Crippen molar-refractivity contribution in [2.24, 2.45) is 0 Å². The highest BCUT2D eigenvalue weighted by molar-refractivity contribution is 6.31. The third kappa shape index (κ3) is 2.85. The first kappa shape index (κ1) is 13.4. The van der Waals surface area contributed by atoms with Crippen LogP contribution >= 0.6 is 11.6 Å². The quantitative estimate of drug-likeness (QED) is 0.824. The molecule has 0 fully saturated rings. The summed E-state index contributed by atoms with van der Waals surface area (Å²) in [6.45, 7) is 1.83. The number of benzene rings is 2. The van der Waals surface area contributed by atoms with Crippen LogP contribution in [0.2, 0.25) is 5.02 Å². The second kappa shape index (κ2) is 5.28. The number of carbonyl (C=O) groups excluding carboxylic acids is 1. The number of anilines is 2. The molecule has 0 radical (unpaired) electrons. The van der Waals surface area contributed by atoms with Crippen molar-refractivity contribution in [2.45, 2.75) is 6.92 Å². The van der Waals surface area contributed by atoms with Crippen LogP contribution in [0.1, 0.15) is 15.9 Å². The van der Waals surface area contributed by atoms with Gasteiger partial charge in [0.2, 0.25) is 0 Å². The van der Waals surface area contributed by atoms with Crippen LogP contribution in [0.4, 0.5) is 15.8 Å². The zero-order valence-electron chi connectivity index (χ0n) is 10.2. The molecule has 0 unspecified atom stereocenters. The zero-order valence-corrected chi connectivity index (χ0v) is 11.0. The van der Waals surface area contributed by atoms with Gasteiger partial charge in [-0.05, 0) is 36.8 Å². The summed E-state index contributed by atoms with van der Waals surface area (Å²) >= 11 is 5.87. The summed E-state index contributed by atoms with van der Waals surface area (Å²) in [6.07, 6.45) is 0. The second-order valence-corrected chi connectivity index (χ2v) is 4.55. The maximum Gasteiger partial charge on any atom is 0.257 e. The van der Waals surface area contributed by atoms with Gasteiger partial charge < -0.3 is 11.1 Å². The van der Waals surface area contributed by atoms with Crippen LogP contribution in [0.5, 0.6) is 0 Å². The van der Waals surface area contributed by atoms with E-state index >= 15 is 0 Å². The van der Waals surface area contributed by atoms with E-state index in [1.807, 2.05) is 6.92 Å². The van der Waals surface area contributed by atoms with Gasteiger partial charge in [-0.15, -0.1) is 0 Å². The van der Waals surface area contributed by atoms with E-state index in [2.05, 4.69) is 5.32 Å². The van der Waals surface area contributed by atoms with Crippen molar-refractivity contribution in [2.75, 3.05) is 11.1 Å². The van der Waals surface area contributed by atoms with Crippen LogP contribution < -0.4 is 11.1 Å². The number of halogens is 2. The number of hydrogen-bond donors (Lipinski definition) is 2. The van der Waals surface area contributed by atoms with E-state index in [0.29, 0.717) is 10.7 Å². The van der Waals surface area contributed by atoms with E-state index in [4.69, 9.17) is 17.3 Å². The lowest BCUT2D eigenvalue weighted by atomic mass is 10.1. The molecule has 2 rings (SSSR count). The monoisotopic (exact) mass is 278 g/mol. The van der Waals surface area contributed by atoms with Gasteiger partial charge in [-0.1, -0.05) is 23.7 Å². The topological polar surface area (TPSA) is 55.1 Å². The molecular weight excluding hydrogens is 267 g/mol. The predicted octanol–water partition coefficient (Wildman–Crippen LogP) is 3.62. The predicted molar refractivity (Wildman–Crippen MR) is 75.0 cm³/mol. The fraction of sp³-hybridized carbons (Fsp3) is 0.0714. The molecule has 1 amide bonds. The minimum Gasteiger partial charge on any atom is -0.396 e. The molecule has 0 aliphatic carbocycles. The van der Waals surface area contributed by atoms with Gasteiger partial charge in [0.15, 0.2) is 0 Å². The Morgan fingerprint density at radius 2 is 2.05 bits per heavy atom. The molecule has 2 aromatic rings. The number of nitrogen functional groups attached to an aromatic ring is 1. The molecule has 3 nitrogen and oxygen atoms in total. The smallest absolute Gasteiger partial charge is 0.257 e. The highest BCUT2D eigenvalue weighted by Crippen LogP contribution is 2.22. The van der Waals surface area contributed by atoms with Crippen LogP contribution in [0.15, 0.2) is 36.4 Å². The molecule has 3 N–H and O–H groups in total. The summed E-state index contributed by atoms with van der Waals surface area (Å²) in [5.74, 6) is -1.09. The van der Waals surface area contributed by atoms with Crippen molar-refractivity contribution in [1.82, 2.24) is 0 Å². The Kier molecular flexibility index (Phi) is 3.71. The van der Waals surface area contributed by atoms with Gasteiger partial charge in [-0.2, -0.15) is 0 Å². The number of aryl methyl sites for hydroxylation is 1. The van der Waals surface area contributed by atoms with Gasteiger partial charge in [0.25, 0.3) is 5.91 Å². The Balaban J connectivity index is 2.31. The van der Waals surface area contributed by atoms with Gasteiger partial charge in [-0.3, -0.25) is 4.79 Å². The van der Waals surface area contributed by atoms with Crippen LogP contribution in [0.25, 0.3) is 0 Å². The third-order valence-electron chi connectivity index (χ3n) is 2.75. The minimum absolute atomic E-state index is 0.0966. The second-order valence-electron chi connectivity index (χ2n) is 4.11. The number of carbonyl (C=O) groups is 1. The molecule has 0 spiro atoms. The highest BCUT2D eigenvalue weighted by Gasteiger charge is 2.13. The first-order valence-electron chi connectivity index (χ1n) is 5.60. The average molecular weight is 279 g/mol. The molecule has 0 atom stereocenters. The van der Waals surface area contributed by atoms with Crippen LogP contribution in [-0.2, 0) is 0 Å². The molecule has 0 aliphatic rings. The van der Waals surface area contributed by atoms with E-state index in [1.54, 1.807) is 18.2 Å². The first-order valence-corrected chi connectivity index (χ1v) is 5.98. The summed E-state index contributed by atoms with van der Waals surface area (Å²) in [6, 6.07) is 9.25. The molecule has 0 saturated heterocycles. The molecular formula is C14H12ClFN2O. The SMILES string of the molecule is Cc1ccc(Cl)cc1NC(=O)c1cccc(F)c1N. The Hall–Kier alpha value is -2.07. The molecule has 2 aromatic carbocycles. The van der Waals surface area contributed by atoms with Crippen LogP contribution in [-0.4, -0.2) is 5.91 Å². The summed E-state index contributed by atoms with van der Waals surface area (Å²) in [4.78, 5) is 12.0. The Labute approximate surface area is 115 Å². The average Bonchev–Trinajstić information content (AvgIpc) is 2.37. The van der Waals surface area contributed by atoms with Gasteiger partial charge in [0, 0.05) is 10.7 Å². The lowest BCUT2D eigenvalue weighted by Crippen LogP contribution is -2.15. The van der Waals surface area contributed by atoms with Gasteiger partial charge in [0.05, 0.1) is 11.3 Å². The van der Waals surface area contributed by atoms with Gasteiger partial charge >= 0.3 is 0 Å². The first-order chi connectivity index (χ1) is 8.99. The molecule has 98 valence electrons. The van der Waals surface area contributed by atoms with E-state index in [-0.39, 0.29) is 11.3 Å². The lowest BCUT2D eigenvalue weighted by Gasteiger charge is -2.10. The van der Waals surface area contributed by atoms with Gasteiger partial charge in [-0.25, -0.2) is 4.39 Å². The largest absolute Gasteiger partial charge is 0.396 e. The molecule has 0 bridgehead atoms. The fourth-order valence-electron chi connectivity index (χ4n) is 1.65. The van der Waals surface area contributed by atoms with Crippen molar-refractivity contribution in [3.63, 3.8) is 0 Å². The van der Waals surface area contributed by atoms with Crippen molar-refractivity contribution in [1.29, 1.82) is 0 Å². The molecule has 0 aliphatic heterocycles. The van der Waals surface area contributed by atoms with E-state index in [0.717, 1.165) is 5.56 Å². The summed E-state index contributed by atoms with van der Waals surface area (Å²) in [5, 5.41) is 3.17. The maximum atomic E-state index is 13.3. The number of para-hydroxylation sites is 1. The van der Waals surface area contributed by atoms with E-state index in [1.165, 1.54) is 18.2 Å². The zero-order chi connectivity index (χ0) is 14.0. The lowest BCUT2D eigenvalue weighted by molar-refractivity contribution is 0.102. The Morgan fingerprint density at radius 3 is 2.79 bits per heavy atom. The Morgan fingerprint density at radius 1 is 1.32 bits per heavy atom. The van der Waals surface area contributed by atoms with Crippen LogP contribution in [0.3, 0.4) is 0 Å². The summed E-state index contributed by atoms with van der Waals surface area (Å²) < 4.78 is 13.3. The molecule has 0 aromatic heterocycles. The third-order valence-corrected chi connectivity index (χ3v) is 2.98. The fourth-order valence-corrected chi connectivity index (χ4v) is 1.83. The summed E-state index contributed by atoms with van der Waals surface area (Å²) in [5.41, 5.74) is 6.90. The maximum absolute atomic E-state index is 13.3. The molecule has 0 saturated carbocycles. The van der Waals surface area contributed by atoms with E-state index < -0.39 is 11.7 Å². The van der Waals surface area contributed by atoms with E-state index in [9.17, 15) is 9.18 Å². The number of rotatable bonds is 2. The number of nitrogens with one attached hydrogen (secondary N) is 1. The van der Waals surface area contributed by atoms with Crippen LogP contribution in [0, 0.1) is 12.7 Å². The molecule has 19 heavy (non-hydrogen) atoms. The van der Waals surface area contributed by atoms with Crippen molar-refractivity contribution >= 4 is 28.9 Å². The Bertz CT molecular complexity index is 643. The number of nitrogens with two attached hydrogens (primary N) is 1. The number of hydrogen-bond acceptors (Lipinski definition) is 2.